The fourth-order valence-electron chi connectivity index (χ4n) is 3.00. The Hall–Kier alpha value is -0.200. The summed E-state index contributed by atoms with van der Waals surface area (Å²) in [6.45, 7) is 7.49. The average molecular weight is 288 g/mol. The van der Waals surface area contributed by atoms with Gasteiger partial charge in [0.05, 0.1) is 13.2 Å². The molecule has 0 saturated carbocycles. The summed E-state index contributed by atoms with van der Waals surface area (Å²) in [5.74, 6) is 0. The molecule has 0 amide bonds. The maximum Gasteiger partial charge on any atom is 0.0589 e. The Bertz CT molecular complexity index is 228. The topological polar surface area (TPSA) is 43.0 Å². The first-order valence-corrected chi connectivity index (χ1v) is 7.69. The fraction of sp³-hybridized carbons (Fsp3) is 1.00. The van der Waals surface area contributed by atoms with Crippen LogP contribution in [0, 0.1) is 5.41 Å². The molecule has 0 radical (unpaired) electrons. The van der Waals surface area contributed by atoms with Crippen molar-refractivity contribution in [3.63, 3.8) is 0 Å². The third-order valence-electron chi connectivity index (χ3n) is 3.95. The van der Waals surface area contributed by atoms with E-state index in [9.17, 15) is 0 Å². The van der Waals surface area contributed by atoms with Crippen LogP contribution < -0.4 is 5.32 Å². The Balaban J connectivity index is 2.52. The van der Waals surface area contributed by atoms with Gasteiger partial charge in [-0.25, -0.2) is 0 Å². The maximum atomic E-state index is 5.75. The lowest BCUT2D eigenvalue weighted by atomic mass is 9.81. The monoisotopic (exact) mass is 288 g/mol. The Morgan fingerprint density at radius 1 is 1.20 bits per heavy atom. The quantitative estimate of drug-likeness (QED) is 0.574. The van der Waals surface area contributed by atoms with Crippen LogP contribution in [-0.2, 0) is 14.2 Å². The average Bonchev–Trinajstić information content (AvgIpc) is 2.46. The predicted molar refractivity (Wildman–Crippen MR) is 81.2 cm³/mol. The number of rotatable bonds is 11. The highest BCUT2D eigenvalue weighted by atomic mass is 16.5. The number of methoxy groups -OCH3 is 2. The van der Waals surface area contributed by atoms with Gasteiger partial charge in [-0.15, -0.1) is 0 Å². The van der Waals surface area contributed by atoms with Crippen molar-refractivity contribution in [3.05, 3.63) is 0 Å². The van der Waals surface area contributed by atoms with Gasteiger partial charge in [0.2, 0.25) is 0 Å². The van der Waals surface area contributed by atoms with Gasteiger partial charge < -0.3 is 24.4 Å². The molecule has 120 valence electrons. The van der Waals surface area contributed by atoms with Crippen LogP contribution in [0.5, 0.6) is 0 Å². The van der Waals surface area contributed by atoms with Gasteiger partial charge in [0.1, 0.15) is 0 Å². The first kappa shape index (κ1) is 17.9. The van der Waals surface area contributed by atoms with Gasteiger partial charge in [0.25, 0.3) is 0 Å². The molecule has 0 aromatic rings. The molecular weight excluding hydrogens is 256 g/mol. The van der Waals surface area contributed by atoms with E-state index in [-0.39, 0.29) is 5.41 Å². The molecular formula is C15H32N2O3. The Morgan fingerprint density at radius 2 is 2.00 bits per heavy atom. The minimum Gasteiger partial charge on any atom is -0.385 e. The zero-order valence-electron chi connectivity index (χ0n) is 13.5. The first-order chi connectivity index (χ1) is 9.76. The molecule has 0 spiro atoms. The molecule has 20 heavy (non-hydrogen) atoms. The summed E-state index contributed by atoms with van der Waals surface area (Å²) < 4.78 is 16.2. The molecule has 0 aliphatic carbocycles. The normalized spacial score (nSPS) is 23.4. The van der Waals surface area contributed by atoms with Crippen LogP contribution in [0.3, 0.4) is 0 Å². The van der Waals surface area contributed by atoms with Crippen LogP contribution in [-0.4, -0.2) is 78.8 Å². The third-order valence-corrected chi connectivity index (χ3v) is 3.95. The van der Waals surface area contributed by atoms with E-state index in [2.05, 4.69) is 10.2 Å². The smallest absolute Gasteiger partial charge is 0.0589 e. The van der Waals surface area contributed by atoms with Crippen molar-refractivity contribution in [2.45, 2.75) is 19.3 Å². The van der Waals surface area contributed by atoms with E-state index in [4.69, 9.17) is 14.2 Å². The van der Waals surface area contributed by atoms with E-state index in [0.717, 1.165) is 65.4 Å². The Kier molecular flexibility index (Phi) is 9.39. The summed E-state index contributed by atoms with van der Waals surface area (Å²) >= 11 is 0. The van der Waals surface area contributed by atoms with Crippen LogP contribution >= 0.6 is 0 Å². The minimum atomic E-state index is 0.244. The minimum absolute atomic E-state index is 0.244. The standard InChI is InChI=1S/C15H32N2O3/c1-16-12-15(6-4-10-20-14-15)13-17(8-11-19-3)7-5-9-18-2/h16H,4-14H2,1-3H3. The van der Waals surface area contributed by atoms with Gasteiger partial charge in [0, 0.05) is 59.0 Å². The molecule has 1 aliphatic rings. The van der Waals surface area contributed by atoms with Crippen LogP contribution in [0.2, 0.25) is 0 Å². The summed E-state index contributed by atoms with van der Waals surface area (Å²) in [6.07, 6.45) is 3.47. The number of hydrogen-bond donors (Lipinski definition) is 1. The highest BCUT2D eigenvalue weighted by molar-refractivity contribution is 4.87. The second kappa shape index (κ2) is 10.5. The van der Waals surface area contributed by atoms with E-state index >= 15 is 0 Å². The molecule has 1 aliphatic heterocycles. The van der Waals surface area contributed by atoms with Gasteiger partial charge in [-0.3, -0.25) is 0 Å². The molecule has 1 fully saturated rings. The zero-order valence-corrected chi connectivity index (χ0v) is 13.5. The zero-order chi connectivity index (χ0) is 14.7. The molecule has 5 nitrogen and oxygen atoms in total. The largest absolute Gasteiger partial charge is 0.385 e. The SMILES string of the molecule is CNCC1(CN(CCCOC)CCOC)CCCOC1. The highest BCUT2D eigenvalue weighted by Crippen LogP contribution is 2.29. The van der Waals surface area contributed by atoms with Gasteiger partial charge in [0.15, 0.2) is 0 Å². The number of hydrogen-bond acceptors (Lipinski definition) is 5. The van der Waals surface area contributed by atoms with Gasteiger partial charge in [-0.2, -0.15) is 0 Å². The van der Waals surface area contributed by atoms with Crippen molar-refractivity contribution < 1.29 is 14.2 Å². The lowest BCUT2D eigenvalue weighted by molar-refractivity contribution is -0.0289. The van der Waals surface area contributed by atoms with Crippen LogP contribution in [0.15, 0.2) is 0 Å². The molecule has 1 rings (SSSR count). The van der Waals surface area contributed by atoms with Crippen molar-refractivity contribution in [2.24, 2.45) is 5.41 Å². The van der Waals surface area contributed by atoms with Crippen molar-refractivity contribution >= 4 is 0 Å². The van der Waals surface area contributed by atoms with E-state index < -0.39 is 0 Å². The van der Waals surface area contributed by atoms with E-state index in [1.54, 1.807) is 14.2 Å². The van der Waals surface area contributed by atoms with E-state index in [0.29, 0.717) is 0 Å². The first-order valence-electron chi connectivity index (χ1n) is 7.69. The second-order valence-corrected chi connectivity index (χ2v) is 5.80. The number of ether oxygens (including phenoxy) is 3. The third kappa shape index (κ3) is 6.50. The molecule has 1 atom stereocenters. The predicted octanol–water partition coefficient (Wildman–Crippen LogP) is 0.988. The molecule has 1 unspecified atom stereocenters. The summed E-state index contributed by atoms with van der Waals surface area (Å²) in [4.78, 5) is 2.49. The van der Waals surface area contributed by atoms with Crippen molar-refractivity contribution in [1.29, 1.82) is 0 Å². The molecule has 0 aromatic heterocycles. The highest BCUT2D eigenvalue weighted by Gasteiger charge is 2.34. The van der Waals surface area contributed by atoms with E-state index in [1.807, 2.05) is 7.05 Å². The Labute approximate surface area is 123 Å². The lowest BCUT2D eigenvalue weighted by Crippen LogP contribution is -2.49. The van der Waals surface area contributed by atoms with Crippen LogP contribution in [0.25, 0.3) is 0 Å². The molecule has 1 heterocycles. The van der Waals surface area contributed by atoms with Crippen LogP contribution in [0.1, 0.15) is 19.3 Å². The number of nitrogens with one attached hydrogen (secondary N) is 1. The molecule has 0 bridgehead atoms. The van der Waals surface area contributed by atoms with Crippen molar-refractivity contribution in [3.8, 4) is 0 Å². The fourth-order valence-corrected chi connectivity index (χ4v) is 3.00. The summed E-state index contributed by atoms with van der Waals surface area (Å²) in [5.41, 5.74) is 0.244. The van der Waals surface area contributed by atoms with Crippen LogP contribution in [0.4, 0.5) is 0 Å². The van der Waals surface area contributed by atoms with Crippen molar-refractivity contribution in [1.82, 2.24) is 10.2 Å². The molecule has 1 saturated heterocycles. The van der Waals surface area contributed by atoms with Gasteiger partial charge in [-0.05, 0) is 26.3 Å². The number of nitrogens with zero attached hydrogens (tertiary/aromatic N) is 1. The molecule has 1 N–H and O–H groups in total. The van der Waals surface area contributed by atoms with Gasteiger partial charge >= 0.3 is 0 Å². The molecule has 5 heteroatoms. The lowest BCUT2D eigenvalue weighted by Gasteiger charge is -2.41. The summed E-state index contributed by atoms with van der Waals surface area (Å²) in [7, 11) is 5.55. The van der Waals surface area contributed by atoms with Gasteiger partial charge in [-0.1, -0.05) is 0 Å². The Morgan fingerprint density at radius 3 is 2.60 bits per heavy atom. The van der Waals surface area contributed by atoms with Crippen molar-refractivity contribution in [2.75, 3.05) is 73.9 Å². The molecule has 0 aromatic carbocycles. The van der Waals surface area contributed by atoms with E-state index in [1.165, 1.54) is 6.42 Å². The summed E-state index contributed by atoms with van der Waals surface area (Å²) in [5, 5.41) is 3.34. The second-order valence-electron chi connectivity index (χ2n) is 5.80. The summed E-state index contributed by atoms with van der Waals surface area (Å²) in [6, 6.07) is 0. The maximum absolute atomic E-state index is 5.75.